The van der Waals surface area contributed by atoms with Crippen LogP contribution in [0, 0.1) is 0 Å². The lowest BCUT2D eigenvalue weighted by molar-refractivity contribution is -0.140. The summed E-state index contributed by atoms with van der Waals surface area (Å²) in [5.41, 5.74) is -0.585. The molecule has 1 unspecified atom stereocenters. The summed E-state index contributed by atoms with van der Waals surface area (Å²) in [5, 5.41) is 11.9. The van der Waals surface area contributed by atoms with E-state index in [4.69, 9.17) is 5.11 Å². The van der Waals surface area contributed by atoms with Gasteiger partial charge in [0.1, 0.15) is 0 Å². The number of carboxylic acid groups (broad SMARTS) is 1. The van der Waals surface area contributed by atoms with Crippen molar-refractivity contribution >= 4 is 22.8 Å². The maximum absolute atomic E-state index is 12.2. The smallest absolute Gasteiger partial charge is 0.317 e. The van der Waals surface area contributed by atoms with Gasteiger partial charge >= 0.3 is 12.0 Å². The van der Waals surface area contributed by atoms with Gasteiger partial charge in [-0.1, -0.05) is 26.2 Å². The summed E-state index contributed by atoms with van der Waals surface area (Å²) < 4.78 is 11.3. The molecule has 1 aliphatic carbocycles. The second-order valence-corrected chi connectivity index (χ2v) is 7.44. The van der Waals surface area contributed by atoms with Crippen molar-refractivity contribution in [3.8, 4) is 0 Å². The van der Waals surface area contributed by atoms with Gasteiger partial charge in [0, 0.05) is 35.9 Å². The van der Waals surface area contributed by atoms with Gasteiger partial charge in [-0.05, 0) is 12.8 Å². The van der Waals surface area contributed by atoms with Crippen LogP contribution >= 0.6 is 0 Å². The Morgan fingerprint density at radius 1 is 1.29 bits per heavy atom. The second kappa shape index (κ2) is 8.36. The lowest BCUT2D eigenvalue weighted by atomic mass is 9.78. The van der Waals surface area contributed by atoms with E-state index in [2.05, 4.69) is 5.32 Å². The Bertz CT molecular complexity index is 394. The van der Waals surface area contributed by atoms with Crippen molar-refractivity contribution in [2.75, 3.05) is 25.1 Å². The van der Waals surface area contributed by atoms with Crippen LogP contribution in [0.25, 0.3) is 0 Å². The second-order valence-electron chi connectivity index (χ2n) is 5.58. The number of carboxylic acids is 1. The van der Waals surface area contributed by atoms with Crippen molar-refractivity contribution in [2.45, 2.75) is 51.0 Å². The Morgan fingerprint density at radius 3 is 2.43 bits per heavy atom. The maximum atomic E-state index is 12.2. The molecule has 1 fully saturated rings. The molecule has 1 atom stereocenters. The van der Waals surface area contributed by atoms with E-state index in [0.717, 1.165) is 32.1 Å². The van der Waals surface area contributed by atoms with Gasteiger partial charge in [-0.25, -0.2) is 4.79 Å². The van der Waals surface area contributed by atoms with Crippen LogP contribution in [0.2, 0.25) is 0 Å². The lowest BCUT2D eigenvalue weighted by Crippen LogP contribution is -2.55. The maximum Gasteiger partial charge on any atom is 0.317 e. The molecule has 21 heavy (non-hydrogen) atoms. The van der Waals surface area contributed by atoms with Crippen LogP contribution < -0.4 is 5.32 Å². The molecule has 1 saturated carbocycles. The number of amides is 2. The molecule has 0 aromatic carbocycles. The van der Waals surface area contributed by atoms with Gasteiger partial charge in [-0.15, -0.1) is 0 Å². The standard InChI is InChI=1S/C14H26N2O4S/c1-3-21(20)10-9-15-13(19)16(2)14(11-12(17)18)7-5-4-6-8-14/h3-11H2,1-2H3,(H,15,19)(H,17,18). The largest absolute Gasteiger partial charge is 0.481 e. The summed E-state index contributed by atoms with van der Waals surface area (Å²) in [6.45, 7) is 2.20. The van der Waals surface area contributed by atoms with Crippen LogP contribution in [-0.4, -0.2) is 56.9 Å². The third-order valence-corrected chi connectivity index (χ3v) is 5.51. The predicted molar refractivity (Wildman–Crippen MR) is 82.8 cm³/mol. The van der Waals surface area contributed by atoms with E-state index < -0.39 is 22.3 Å². The SMILES string of the molecule is CCS(=O)CCNC(=O)N(C)C1(CC(=O)O)CCCCC1. The zero-order valence-corrected chi connectivity index (χ0v) is 13.7. The Balaban J connectivity index is 2.62. The highest BCUT2D eigenvalue weighted by atomic mass is 32.2. The van der Waals surface area contributed by atoms with Crippen molar-refractivity contribution in [3.05, 3.63) is 0 Å². The predicted octanol–water partition coefficient (Wildman–Crippen LogP) is 1.57. The minimum atomic E-state index is -0.908. The number of aliphatic carboxylic acids is 1. The summed E-state index contributed by atoms with van der Waals surface area (Å²) >= 11 is 0. The fourth-order valence-electron chi connectivity index (χ4n) is 2.87. The molecule has 0 heterocycles. The Labute approximate surface area is 128 Å². The normalized spacial score (nSPS) is 18.8. The molecule has 1 aliphatic rings. The van der Waals surface area contributed by atoms with E-state index in [-0.39, 0.29) is 12.5 Å². The van der Waals surface area contributed by atoms with E-state index in [1.54, 1.807) is 11.9 Å². The van der Waals surface area contributed by atoms with Crippen LogP contribution in [-0.2, 0) is 15.6 Å². The third kappa shape index (κ3) is 5.30. The molecule has 0 aromatic rings. The van der Waals surface area contributed by atoms with Gasteiger partial charge in [0.05, 0.1) is 12.0 Å². The van der Waals surface area contributed by atoms with Crippen molar-refractivity contribution in [3.63, 3.8) is 0 Å². The molecule has 0 spiro atoms. The van der Waals surface area contributed by atoms with Gasteiger partial charge in [-0.3, -0.25) is 9.00 Å². The Kier molecular flexibility index (Phi) is 7.14. The average molecular weight is 318 g/mol. The molecule has 6 nitrogen and oxygen atoms in total. The molecule has 0 aromatic heterocycles. The number of urea groups is 1. The molecule has 7 heteroatoms. The molecular formula is C14H26N2O4S. The average Bonchev–Trinajstić information content (AvgIpc) is 2.46. The first-order valence-electron chi connectivity index (χ1n) is 7.50. The van der Waals surface area contributed by atoms with Crippen LogP contribution in [0.1, 0.15) is 45.4 Å². The molecule has 0 saturated heterocycles. The van der Waals surface area contributed by atoms with E-state index in [0.29, 0.717) is 18.1 Å². The summed E-state index contributed by atoms with van der Waals surface area (Å²) in [4.78, 5) is 24.9. The summed E-state index contributed by atoms with van der Waals surface area (Å²) in [6, 6.07) is -0.272. The van der Waals surface area contributed by atoms with Crippen LogP contribution in [0.15, 0.2) is 0 Å². The molecule has 0 bridgehead atoms. The first kappa shape index (κ1) is 17.9. The minimum absolute atomic E-state index is 0.0161. The summed E-state index contributed by atoms with van der Waals surface area (Å²) in [6.07, 6.45) is 4.42. The summed E-state index contributed by atoms with van der Waals surface area (Å²) in [5.74, 6) is 0.139. The highest BCUT2D eigenvalue weighted by Crippen LogP contribution is 2.35. The zero-order valence-electron chi connectivity index (χ0n) is 12.9. The van der Waals surface area contributed by atoms with Gasteiger partial charge in [0.2, 0.25) is 0 Å². The van der Waals surface area contributed by atoms with E-state index in [9.17, 15) is 13.8 Å². The summed E-state index contributed by atoms with van der Waals surface area (Å²) in [7, 11) is 0.759. The quantitative estimate of drug-likeness (QED) is 0.746. The molecule has 2 amide bonds. The Morgan fingerprint density at radius 2 is 1.90 bits per heavy atom. The highest BCUT2D eigenvalue weighted by Gasteiger charge is 2.40. The lowest BCUT2D eigenvalue weighted by Gasteiger charge is -2.43. The van der Waals surface area contributed by atoms with Crippen molar-refractivity contribution in [1.82, 2.24) is 10.2 Å². The van der Waals surface area contributed by atoms with Crippen molar-refractivity contribution < 1.29 is 18.9 Å². The first-order chi connectivity index (χ1) is 9.91. The number of carbonyl (C=O) groups is 2. The van der Waals surface area contributed by atoms with E-state index in [1.807, 2.05) is 6.92 Å². The van der Waals surface area contributed by atoms with E-state index in [1.165, 1.54) is 0 Å². The fourth-order valence-corrected chi connectivity index (χ4v) is 3.49. The number of nitrogens with one attached hydrogen (secondary N) is 1. The van der Waals surface area contributed by atoms with Crippen LogP contribution in [0.3, 0.4) is 0 Å². The molecular weight excluding hydrogens is 292 g/mol. The topological polar surface area (TPSA) is 86.7 Å². The van der Waals surface area contributed by atoms with Crippen LogP contribution in [0.5, 0.6) is 0 Å². The minimum Gasteiger partial charge on any atom is -0.481 e. The Hall–Kier alpha value is -1.11. The number of nitrogens with zero attached hydrogens (tertiary/aromatic N) is 1. The van der Waals surface area contributed by atoms with Crippen LogP contribution in [0.4, 0.5) is 4.79 Å². The number of hydrogen-bond donors (Lipinski definition) is 2. The highest BCUT2D eigenvalue weighted by molar-refractivity contribution is 7.84. The van der Waals surface area contributed by atoms with Gasteiger partial charge in [-0.2, -0.15) is 0 Å². The first-order valence-corrected chi connectivity index (χ1v) is 8.98. The monoisotopic (exact) mass is 318 g/mol. The molecule has 2 N–H and O–H groups in total. The third-order valence-electron chi connectivity index (χ3n) is 4.21. The van der Waals surface area contributed by atoms with Gasteiger partial charge in [0.25, 0.3) is 0 Å². The zero-order chi connectivity index (χ0) is 15.9. The molecule has 0 radical (unpaired) electrons. The number of carbonyl (C=O) groups excluding carboxylic acids is 1. The number of hydrogen-bond acceptors (Lipinski definition) is 3. The van der Waals surface area contributed by atoms with Crippen molar-refractivity contribution in [2.24, 2.45) is 0 Å². The van der Waals surface area contributed by atoms with Crippen molar-refractivity contribution in [1.29, 1.82) is 0 Å². The molecule has 122 valence electrons. The van der Waals surface area contributed by atoms with E-state index >= 15 is 0 Å². The molecule has 0 aliphatic heterocycles. The number of rotatable bonds is 7. The fraction of sp³-hybridized carbons (Fsp3) is 0.857. The molecule has 1 rings (SSSR count). The van der Waals surface area contributed by atoms with Gasteiger partial charge < -0.3 is 15.3 Å². The van der Waals surface area contributed by atoms with Gasteiger partial charge in [0.15, 0.2) is 0 Å².